The summed E-state index contributed by atoms with van der Waals surface area (Å²) in [5, 5.41) is 10.5. The van der Waals surface area contributed by atoms with Crippen molar-refractivity contribution in [2.75, 3.05) is 0 Å². The molecule has 0 radical (unpaired) electrons. The first kappa shape index (κ1) is 22.0. The van der Waals surface area contributed by atoms with Crippen LogP contribution in [0.2, 0.25) is 0 Å². The van der Waals surface area contributed by atoms with Gasteiger partial charge < -0.3 is 19.3 Å². The number of carbonyl (C=O) groups excluding carboxylic acids is 1. The number of esters is 1. The van der Waals surface area contributed by atoms with Crippen molar-refractivity contribution in [3.8, 4) is 0 Å². The zero-order chi connectivity index (χ0) is 19.8. The second-order valence-electron chi connectivity index (χ2n) is 8.98. The fraction of sp³-hybridized carbons (Fsp3) is 0.957. The highest BCUT2D eigenvalue weighted by Crippen LogP contribution is 2.36. The van der Waals surface area contributed by atoms with Gasteiger partial charge in [0.1, 0.15) is 6.10 Å². The molecule has 0 saturated carbocycles. The van der Waals surface area contributed by atoms with E-state index in [-0.39, 0.29) is 42.6 Å². The van der Waals surface area contributed by atoms with Gasteiger partial charge in [0, 0.05) is 6.42 Å². The quantitative estimate of drug-likeness (QED) is 0.383. The number of hydrogen-bond acceptors (Lipinski definition) is 5. The van der Waals surface area contributed by atoms with Crippen molar-refractivity contribution >= 4 is 5.97 Å². The smallest absolute Gasteiger partial charge is 0.306 e. The first-order chi connectivity index (χ1) is 13.7. The molecule has 28 heavy (non-hydrogen) atoms. The van der Waals surface area contributed by atoms with Gasteiger partial charge in [-0.25, -0.2) is 0 Å². The van der Waals surface area contributed by atoms with Crippen LogP contribution in [0.25, 0.3) is 0 Å². The summed E-state index contributed by atoms with van der Waals surface area (Å²) in [6.45, 7) is 2.25. The lowest BCUT2D eigenvalue weighted by Crippen LogP contribution is -2.33. The average molecular weight is 397 g/mol. The Morgan fingerprint density at radius 2 is 1.43 bits per heavy atom. The highest BCUT2D eigenvalue weighted by atomic mass is 16.6. The fourth-order valence-electron chi connectivity index (χ4n) is 4.96. The minimum absolute atomic E-state index is 0.0290. The van der Waals surface area contributed by atoms with Crippen LogP contribution in [0.4, 0.5) is 0 Å². The van der Waals surface area contributed by atoms with Crippen molar-refractivity contribution in [2.24, 2.45) is 0 Å². The lowest BCUT2D eigenvalue weighted by Gasteiger charge is -2.24. The molecule has 5 heteroatoms. The predicted octanol–water partition coefficient (Wildman–Crippen LogP) is 4.68. The fourth-order valence-corrected chi connectivity index (χ4v) is 4.96. The second kappa shape index (κ2) is 11.5. The third-order valence-electron chi connectivity index (χ3n) is 6.70. The Balaban J connectivity index is 1.27. The van der Waals surface area contributed by atoms with Gasteiger partial charge in [-0.05, 0) is 38.5 Å². The van der Waals surface area contributed by atoms with E-state index in [2.05, 4.69) is 6.92 Å². The second-order valence-corrected chi connectivity index (χ2v) is 8.98. The molecular formula is C23H40O5. The van der Waals surface area contributed by atoms with Crippen molar-refractivity contribution in [3.05, 3.63) is 0 Å². The minimum atomic E-state index is -0.349. The van der Waals surface area contributed by atoms with Gasteiger partial charge in [0.25, 0.3) is 0 Å². The largest absolute Gasteiger partial charge is 0.460 e. The Labute approximate surface area is 170 Å². The van der Waals surface area contributed by atoms with E-state index in [1.165, 1.54) is 44.9 Å². The Kier molecular flexibility index (Phi) is 9.06. The highest BCUT2D eigenvalue weighted by molar-refractivity contribution is 5.71. The summed E-state index contributed by atoms with van der Waals surface area (Å²) in [5.41, 5.74) is 0. The van der Waals surface area contributed by atoms with Crippen molar-refractivity contribution in [3.63, 3.8) is 0 Å². The molecule has 162 valence electrons. The van der Waals surface area contributed by atoms with Gasteiger partial charge >= 0.3 is 5.97 Å². The molecule has 3 fully saturated rings. The van der Waals surface area contributed by atoms with E-state index in [0.29, 0.717) is 6.42 Å². The molecule has 3 saturated heterocycles. The molecule has 0 amide bonds. The zero-order valence-electron chi connectivity index (χ0n) is 17.7. The van der Waals surface area contributed by atoms with Crippen molar-refractivity contribution in [1.82, 2.24) is 0 Å². The Morgan fingerprint density at radius 3 is 2.11 bits per heavy atom. The number of cyclic esters (lactones) is 1. The maximum Gasteiger partial charge on any atom is 0.306 e. The van der Waals surface area contributed by atoms with E-state index >= 15 is 0 Å². The Bertz CT molecular complexity index is 468. The van der Waals surface area contributed by atoms with E-state index in [1.54, 1.807) is 0 Å². The molecule has 5 nitrogen and oxygen atoms in total. The number of unbranched alkanes of at least 4 members (excludes halogenated alkanes) is 7. The van der Waals surface area contributed by atoms with Crippen LogP contribution in [-0.4, -0.2) is 47.7 Å². The molecule has 3 rings (SSSR count). The monoisotopic (exact) mass is 396 g/mol. The third-order valence-corrected chi connectivity index (χ3v) is 6.70. The molecule has 0 aromatic rings. The molecule has 1 N–H and O–H groups in total. The SMILES string of the molecule is CCCCCCCCCC[C@H](O)[C@@H]1CC[C@@H]([C@@H]2CC[C@@H]([C@H]3CCC(=O)O3)O2)O1. The molecule has 3 aliphatic rings. The summed E-state index contributed by atoms with van der Waals surface area (Å²) in [4.78, 5) is 11.3. The van der Waals surface area contributed by atoms with Gasteiger partial charge in [0.15, 0.2) is 0 Å². The van der Waals surface area contributed by atoms with Gasteiger partial charge in [-0.1, -0.05) is 58.3 Å². The van der Waals surface area contributed by atoms with E-state index in [4.69, 9.17) is 14.2 Å². The van der Waals surface area contributed by atoms with Crippen LogP contribution >= 0.6 is 0 Å². The maximum absolute atomic E-state index is 11.3. The van der Waals surface area contributed by atoms with Crippen molar-refractivity contribution < 1.29 is 24.1 Å². The molecule has 0 aliphatic carbocycles. The van der Waals surface area contributed by atoms with Gasteiger partial charge in [-0.2, -0.15) is 0 Å². The third kappa shape index (κ3) is 6.43. The van der Waals surface area contributed by atoms with Gasteiger partial charge in [0.2, 0.25) is 0 Å². The Hall–Kier alpha value is -0.650. The maximum atomic E-state index is 11.3. The van der Waals surface area contributed by atoms with Crippen LogP contribution in [0, 0.1) is 0 Å². The molecule has 6 atom stereocenters. The Morgan fingerprint density at radius 1 is 0.821 bits per heavy atom. The van der Waals surface area contributed by atoms with Crippen LogP contribution in [0.15, 0.2) is 0 Å². The predicted molar refractivity (Wildman–Crippen MR) is 108 cm³/mol. The summed E-state index contributed by atoms with van der Waals surface area (Å²) in [6, 6.07) is 0. The van der Waals surface area contributed by atoms with Gasteiger partial charge in [-0.15, -0.1) is 0 Å². The molecular weight excluding hydrogens is 356 g/mol. The van der Waals surface area contributed by atoms with Crippen LogP contribution in [0.1, 0.15) is 103 Å². The molecule has 0 unspecified atom stereocenters. The highest BCUT2D eigenvalue weighted by Gasteiger charge is 2.43. The summed E-state index contributed by atoms with van der Waals surface area (Å²) in [5.74, 6) is -0.0988. The minimum Gasteiger partial charge on any atom is -0.460 e. The van der Waals surface area contributed by atoms with E-state index in [9.17, 15) is 9.90 Å². The van der Waals surface area contributed by atoms with E-state index in [1.807, 2.05) is 0 Å². The number of aliphatic hydroxyl groups excluding tert-OH is 1. The van der Waals surface area contributed by atoms with E-state index in [0.717, 1.165) is 44.9 Å². The number of aliphatic hydroxyl groups is 1. The van der Waals surface area contributed by atoms with E-state index < -0.39 is 0 Å². The zero-order valence-corrected chi connectivity index (χ0v) is 17.7. The number of carbonyl (C=O) groups is 1. The number of hydrogen-bond donors (Lipinski definition) is 1. The first-order valence-electron chi connectivity index (χ1n) is 11.9. The molecule has 3 heterocycles. The van der Waals surface area contributed by atoms with Crippen LogP contribution in [0.3, 0.4) is 0 Å². The van der Waals surface area contributed by atoms with Gasteiger partial charge in [0.05, 0.1) is 30.5 Å². The molecule has 0 bridgehead atoms. The van der Waals surface area contributed by atoms with Crippen molar-refractivity contribution in [2.45, 2.75) is 140 Å². The summed E-state index contributed by atoms with van der Waals surface area (Å²) in [7, 11) is 0. The number of ether oxygens (including phenoxy) is 3. The standard InChI is InChI=1S/C23H40O5/c1-2-3-4-5-6-7-8-9-10-17(24)18-11-12-19(26-18)20-13-14-21(27-20)22-15-16-23(25)28-22/h17-22,24H,2-16H2,1H3/t17-,18-,19-,20-,21-,22+/m0/s1. The van der Waals surface area contributed by atoms with Crippen molar-refractivity contribution in [1.29, 1.82) is 0 Å². The van der Waals surface area contributed by atoms with Crippen LogP contribution in [0.5, 0.6) is 0 Å². The average Bonchev–Trinajstić information content (AvgIpc) is 3.43. The first-order valence-corrected chi connectivity index (χ1v) is 11.9. The normalized spacial score (nSPS) is 34.1. The molecule has 0 spiro atoms. The summed E-state index contributed by atoms with van der Waals surface area (Å²) >= 11 is 0. The molecule has 0 aromatic carbocycles. The van der Waals surface area contributed by atoms with Gasteiger partial charge in [-0.3, -0.25) is 4.79 Å². The lowest BCUT2D eigenvalue weighted by atomic mass is 10.0. The number of rotatable bonds is 12. The van der Waals surface area contributed by atoms with Crippen LogP contribution in [-0.2, 0) is 19.0 Å². The lowest BCUT2D eigenvalue weighted by molar-refractivity contribution is -0.149. The van der Waals surface area contributed by atoms with Crippen LogP contribution < -0.4 is 0 Å². The molecule has 0 aromatic heterocycles. The summed E-state index contributed by atoms with van der Waals surface area (Å²) in [6.07, 6.45) is 16.0. The molecule has 3 aliphatic heterocycles. The topological polar surface area (TPSA) is 65.0 Å². The summed E-state index contributed by atoms with van der Waals surface area (Å²) < 4.78 is 17.7.